The third kappa shape index (κ3) is 2.07. The molecule has 4 heteroatoms. The molecular weight excluding hydrogens is 202 g/mol. The van der Waals surface area contributed by atoms with Crippen molar-refractivity contribution in [2.45, 2.75) is 25.8 Å². The van der Waals surface area contributed by atoms with Crippen LogP contribution in [0.2, 0.25) is 0 Å². The fraction of sp³-hybridized carbons (Fsp3) is 0.500. The van der Waals surface area contributed by atoms with E-state index in [1.165, 1.54) is 0 Å². The molecule has 1 aliphatic rings. The van der Waals surface area contributed by atoms with Crippen molar-refractivity contribution in [2.75, 3.05) is 6.54 Å². The number of nitrogens with two attached hydrogens (primary N) is 1. The van der Waals surface area contributed by atoms with E-state index in [9.17, 15) is 4.79 Å². The van der Waals surface area contributed by atoms with Gasteiger partial charge in [-0.1, -0.05) is 0 Å². The number of nitrogens with one attached hydrogen (secondary N) is 1. The SMILES string of the molecule is C[C@H](NC(=O)C1(CN)CC1)c1ccncc1. The molecule has 1 saturated carbocycles. The van der Waals surface area contributed by atoms with Crippen LogP contribution in [0.1, 0.15) is 31.4 Å². The summed E-state index contributed by atoms with van der Waals surface area (Å²) >= 11 is 0. The number of amides is 1. The molecule has 0 aromatic carbocycles. The minimum Gasteiger partial charge on any atom is -0.349 e. The molecule has 1 amide bonds. The van der Waals surface area contributed by atoms with Crippen molar-refractivity contribution >= 4 is 5.91 Å². The first-order valence-corrected chi connectivity index (χ1v) is 5.59. The summed E-state index contributed by atoms with van der Waals surface area (Å²) in [5.41, 5.74) is 6.40. The fourth-order valence-electron chi connectivity index (χ4n) is 1.76. The number of carbonyl (C=O) groups excluding carboxylic acids is 1. The van der Waals surface area contributed by atoms with Crippen LogP contribution in [0.5, 0.6) is 0 Å². The van der Waals surface area contributed by atoms with Gasteiger partial charge in [0, 0.05) is 18.9 Å². The number of carbonyl (C=O) groups is 1. The predicted octanol–water partition coefficient (Wildman–Crippen LogP) is 0.998. The molecule has 0 bridgehead atoms. The normalized spacial score (nSPS) is 18.9. The van der Waals surface area contributed by atoms with Gasteiger partial charge in [0.25, 0.3) is 0 Å². The summed E-state index contributed by atoms with van der Waals surface area (Å²) in [6.45, 7) is 2.42. The Bertz CT molecular complexity index is 373. The van der Waals surface area contributed by atoms with E-state index in [0.717, 1.165) is 18.4 Å². The summed E-state index contributed by atoms with van der Waals surface area (Å²) in [7, 11) is 0. The largest absolute Gasteiger partial charge is 0.349 e. The van der Waals surface area contributed by atoms with E-state index >= 15 is 0 Å². The Hall–Kier alpha value is -1.42. The first kappa shape index (κ1) is 11.1. The molecule has 1 aliphatic carbocycles. The fourth-order valence-corrected chi connectivity index (χ4v) is 1.76. The van der Waals surface area contributed by atoms with Crippen LogP contribution in [0.3, 0.4) is 0 Å². The molecule has 1 heterocycles. The Morgan fingerprint density at radius 2 is 2.19 bits per heavy atom. The molecule has 0 unspecified atom stereocenters. The zero-order valence-corrected chi connectivity index (χ0v) is 9.44. The highest BCUT2D eigenvalue weighted by molar-refractivity contribution is 5.85. The summed E-state index contributed by atoms with van der Waals surface area (Å²) in [6, 6.07) is 3.83. The number of hydrogen-bond donors (Lipinski definition) is 2. The van der Waals surface area contributed by atoms with Crippen LogP contribution < -0.4 is 11.1 Å². The zero-order valence-electron chi connectivity index (χ0n) is 9.44. The van der Waals surface area contributed by atoms with Gasteiger partial charge in [-0.15, -0.1) is 0 Å². The summed E-state index contributed by atoms with van der Waals surface area (Å²) in [5, 5.41) is 3.00. The number of nitrogens with zero attached hydrogens (tertiary/aromatic N) is 1. The van der Waals surface area contributed by atoms with Crippen molar-refractivity contribution in [2.24, 2.45) is 11.1 Å². The zero-order chi connectivity index (χ0) is 11.6. The summed E-state index contributed by atoms with van der Waals surface area (Å²) in [4.78, 5) is 15.9. The van der Waals surface area contributed by atoms with E-state index in [2.05, 4.69) is 10.3 Å². The number of aromatic nitrogens is 1. The first-order valence-electron chi connectivity index (χ1n) is 5.59. The summed E-state index contributed by atoms with van der Waals surface area (Å²) in [5.74, 6) is 0.0827. The van der Waals surface area contributed by atoms with Gasteiger partial charge in [0.1, 0.15) is 0 Å². The molecule has 2 rings (SSSR count). The predicted molar refractivity (Wildman–Crippen MR) is 61.5 cm³/mol. The van der Waals surface area contributed by atoms with E-state index < -0.39 is 0 Å². The Labute approximate surface area is 95.3 Å². The maximum Gasteiger partial charge on any atom is 0.227 e. The smallest absolute Gasteiger partial charge is 0.227 e. The second kappa shape index (κ2) is 4.22. The van der Waals surface area contributed by atoms with Gasteiger partial charge in [-0.05, 0) is 37.5 Å². The maximum atomic E-state index is 11.9. The molecule has 1 fully saturated rings. The molecule has 1 aromatic rings. The molecular formula is C12H17N3O. The molecule has 0 radical (unpaired) electrons. The van der Waals surface area contributed by atoms with E-state index in [1.807, 2.05) is 19.1 Å². The number of pyridine rings is 1. The van der Waals surface area contributed by atoms with Crippen molar-refractivity contribution in [1.82, 2.24) is 10.3 Å². The number of hydrogen-bond acceptors (Lipinski definition) is 3. The lowest BCUT2D eigenvalue weighted by Crippen LogP contribution is -2.37. The Balaban J connectivity index is 1.98. The summed E-state index contributed by atoms with van der Waals surface area (Å²) < 4.78 is 0. The van der Waals surface area contributed by atoms with E-state index in [0.29, 0.717) is 6.54 Å². The third-order valence-corrected chi connectivity index (χ3v) is 3.28. The first-order chi connectivity index (χ1) is 7.68. The lowest BCUT2D eigenvalue weighted by Gasteiger charge is -2.18. The van der Waals surface area contributed by atoms with Crippen LogP contribution in [0, 0.1) is 5.41 Å². The standard InChI is InChI=1S/C12H17N3O/c1-9(10-2-6-14-7-3-10)15-11(16)12(8-13)4-5-12/h2-3,6-7,9H,4-5,8,13H2,1H3,(H,15,16)/t9-/m0/s1. The van der Waals surface area contributed by atoms with Crippen molar-refractivity contribution in [3.05, 3.63) is 30.1 Å². The van der Waals surface area contributed by atoms with Gasteiger partial charge in [-0.25, -0.2) is 0 Å². The van der Waals surface area contributed by atoms with Gasteiger partial charge < -0.3 is 11.1 Å². The minimum absolute atomic E-state index is 0.0134. The Morgan fingerprint density at radius 1 is 1.56 bits per heavy atom. The number of rotatable bonds is 4. The van der Waals surface area contributed by atoms with E-state index in [1.54, 1.807) is 12.4 Å². The average molecular weight is 219 g/mol. The van der Waals surface area contributed by atoms with Gasteiger partial charge in [0.15, 0.2) is 0 Å². The van der Waals surface area contributed by atoms with Crippen molar-refractivity contribution in [3.8, 4) is 0 Å². The lowest BCUT2D eigenvalue weighted by molar-refractivity contribution is -0.126. The van der Waals surface area contributed by atoms with Crippen LogP contribution in [0.25, 0.3) is 0 Å². The monoisotopic (exact) mass is 219 g/mol. The average Bonchev–Trinajstić information content (AvgIpc) is 3.11. The quantitative estimate of drug-likeness (QED) is 0.793. The van der Waals surface area contributed by atoms with E-state index in [4.69, 9.17) is 5.73 Å². The Kier molecular flexibility index (Phi) is 2.92. The second-order valence-electron chi connectivity index (χ2n) is 4.46. The van der Waals surface area contributed by atoms with Gasteiger partial charge in [0.05, 0.1) is 11.5 Å². The third-order valence-electron chi connectivity index (χ3n) is 3.28. The summed E-state index contributed by atoms with van der Waals surface area (Å²) in [6.07, 6.45) is 5.29. The highest BCUT2D eigenvalue weighted by Gasteiger charge is 2.48. The van der Waals surface area contributed by atoms with Gasteiger partial charge in [-0.2, -0.15) is 0 Å². The van der Waals surface area contributed by atoms with Crippen LogP contribution in [-0.2, 0) is 4.79 Å². The Morgan fingerprint density at radius 3 is 2.69 bits per heavy atom. The molecule has 86 valence electrons. The molecule has 4 nitrogen and oxygen atoms in total. The molecule has 1 aromatic heterocycles. The van der Waals surface area contributed by atoms with Gasteiger partial charge in [0.2, 0.25) is 5.91 Å². The van der Waals surface area contributed by atoms with Crippen LogP contribution in [0.4, 0.5) is 0 Å². The minimum atomic E-state index is -0.276. The van der Waals surface area contributed by atoms with Gasteiger partial charge >= 0.3 is 0 Å². The molecule has 0 spiro atoms. The lowest BCUT2D eigenvalue weighted by atomic mass is 10.0. The van der Waals surface area contributed by atoms with Gasteiger partial charge in [-0.3, -0.25) is 9.78 Å². The molecule has 0 aliphatic heterocycles. The van der Waals surface area contributed by atoms with Crippen LogP contribution in [-0.4, -0.2) is 17.4 Å². The van der Waals surface area contributed by atoms with E-state index in [-0.39, 0.29) is 17.4 Å². The molecule has 0 saturated heterocycles. The molecule has 16 heavy (non-hydrogen) atoms. The highest BCUT2D eigenvalue weighted by atomic mass is 16.2. The van der Waals surface area contributed by atoms with Crippen molar-refractivity contribution in [3.63, 3.8) is 0 Å². The second-order valence-corrected chi connectivity index (χ2v) is 4.46. The van der Waals surface area contributed by atoms with Crippen LogP contribution >= 0.6 is 0 Å². The van der Waals surface area contributed by atoms with Crippen molar-refractivity contribution in [1.29, 1.82) is 0 Å². The van der Waals surface area contributed by atoms with Crippen LogP contribution in [0.15, 0.2) is 24.5 Å². The molecule has 3 N–H and O–H groups in total. The molecule has 1 atom stereocenters. The maximum absolute atomic E-state index is 11.9. The van der Waals surface area contributed by atoms with Crippen molar-refractivity contribution < 1.29 is 4.79 Å². The highest BCUT2D eigenvalue weighted by Crippen LogP contribution is 2.45. The topological polar surface area (TPSA) is 68.0 Å².